The summed E-state index contributed by atoms with van der Waals surface area (Å²) in [7, 11) is 0. The highest BCUT2D eigenvalue weighted by atomic mass is 16.7. The fourth-order valence-corrected chi connectivity index (χ4v) is 4.08. The largest absolute Gasteiger partial charge is 0.462 e. The minimum atomic E-state index is -1.59. The number of hydrogen-bond acceptors (Lipinski definition) is 10. The van der Waals surface area contributed by atoms with E-state index >= 15 is 0 Å². The Bertz CT molecular complexity index is 779. The Balaban J connectivity index is 2.46. The molecule has 0 spiro atoms. The molecule has 0 amide bonds. The van der Waals surface area contributed by atoms with E-state index in [4.69, 9.17) is 18.9 Å². The molecule has 1 fully saturated rings. The topological polar surface area (TPSA) is 152 Å². The molecule has 0 radical (unpaired) electrons. The molecular formula is C31H52O10. The van der Waals surface area contributed by atoms with E-state index in [-0.39, 0.29) is 26.1 Å². The Morgan fingerprint density at radius 2 is 1.44 bits per heavy atom. The maximum atomic E-state index is 12.5. The van der Waals surface area contributed by atoms with E-state index in [9.17, 15) is 30.0 Å². The van der Waals surface area contributed by atoms with Crippen LogP contribution in [-0.2, 0) is 28.5 Å². The van der Waals surface area contributed by atoms with Gasteiger partial charge in [-0.05, 0) is 44.9 Å². The summed E-state index contributed by atoms with van der Waals surface area (Å²) < 4.78 is 21.6. The monoisotopic (exact) mass is 584 g/mol. The number of allylic oxidation sites excluding steroid dienone is 6. The van der Waals surface area contributed by atoms with Gasteiger partial charge in [-0.2, -0.15) is 0 Å². The second kappa shape index (κ2) is 23.5. The normalized spacial score (nSPS) is 23.9. The van der Waals surface area contributed by atoms with E-state index in [0.717, 1.165) is 51.4 Å². The Morgan fingerprint density at radius 3 is 2.12 bits per heavy atom. The molecule has 0 aromatic heterocycles. The molecule has 1 heterocycles. The molecule has 236 valence electrons. The molecule has 6 atom stereocenters. The van der Waals surface area contributed by atoms with Crippen LogP contribution in [-0.4, -0.2) is 89.0 Å². The van der Waals surface area contributed by atoms with Gasteiger partial charge >= 0.3 is 11.9 Å². The van der Waals surface area contributed by atoms with Gasteiger partial charge in [-0.1, -0.05) is 69.6 Å². The minimum absolute atomic E-state index is 0.193. The van der Waals surface area contributed by atoms with Gasteiger partial charge < -0.3 is 39.4 Å². The first-order valence-electron chi connectivity index (χ1n) is 15.1. The molecule has 1 rings (SSSR count). The van der Waals surface area contributed by atoms with Crippen molar-refractivity contribution in [1.82, 2.24) is 0 Å². The molecule has 0 saturated carbocycles. The second-order valence-corrected chi connectivity index (χ2v) is 10.2. The third kappa shape index (κ3) is 16.8. The van der Waals surface area contributed by atoms with Crippen LogP contribution in [0, 0.1) is 0 Å². The van der Waals surface area contributed by atoms with Crippen LogP contribution in [0.2, 0.25) is 0 Å². The number of aliphatic hydroxyl groups is 4. The lowest BCUT2D eigenvalue weighted by Gasteiger charge is -2.39. The minimum Gasteiger partial charge on any atom is -0.462 e. The summed E-state index contributed by atoms with van der Waals surface area (Å²) in [5.74, 6) is -0.878. The number of esters is 2. The zero-order valence-corrected chi connectivity index (χ0v) is 24.8. The lowest BCUT2D eigenvalue weighted by Crippen LogP contribution is -2.59. The maximum Gasteiger partial charge on any atom is 0.306 e. The van der Waals surface area contributed by atoms with E-state index in [1.54, 1.807) is 0 Å². The van der Waals surface area contributed by atoms with Crippen molar-refractivity contribution in [3.05, 3.63) is 36.5 Å². The van der Waals surface area contributed by atoms with Crippen molar-refractivity contribution >= 4 is 11.9 Å². The first kappa shape index (κ1) is 36.9. The average Bonchev–Trinajstić information content (AvgIpc) is 2.96. The predicted octanol–water partition coefficient (Wildman–Crippen LogP) is 3.65. The van der Waals surface area contributed by atoms with E-state index < -0.39 is 55.4 Å². The zero-order valence-electron chi connectivity index (χ0n) is 24.8. The Kier molecular flexibility index (Phi) is 21.2. The van der Waals surface area contributed by atoms with E-state index in [0.29, 0.717) is 12.8 Å². The summed E-state index contributed by atoms with van der Waals surface area (Å²) in [4.78, 5) is 24.6. The van der Waals surface area contributed by atoms with Gasteiger partial charge in [0.1, 0.15) is 31.0 Å². The first-order valence-corrected chi connectivity index (χ1v) is 15.1. The fraction of sp³-hybridized carbons (Fsp3) is 0.742. The Labute approximate surface area is 245 Å². The number of aliphatic hydroxyl groups excluding tert-OH is 4. The van der Waals surface area contributed by atoms with Crippen LogP contribution < -0.4 is 0 Å². The highest BCUT2D eigenvalue weighted by Gasteiger charge is 2.44. The predicted molar refractivity (Wildman–Crippen MR) is 155 cm³/mol. The van der Waals surface area contributed by atoms with Crippen molar-refractivity contribution in [2.24, 2.45) is 0 Å². The van der Waals surface area contributed by atoms with E-state index in [2.05, 4.69) is 43.4 Å². The SMILES string of the molecule is CC/C=C\C/C=C\C/C=C\CCCCCC(=O)OC(COC(=O)CCCCC)COC1OC(CO)C(O)C(O)C1O. The van der Waals surface area contributed by atoms with Gasteiger partial charge in [0.05, 0.1) is 13.2 Å². The molecule has 0 bridgehead atoms. The summed E-state index contributed by atoms with van der Waals surface area (Å²) in [6.45, 7) is 3.03. The summed E-state index contributed by atoms with van der Waals surface area (Å²) in [5, 5.41) is 39.5. The molecule has 1 saturated heterocycles. The molecule has 0 aromatic carbocycles. The van der Waals surface area contributed by atoms with Gasteiger partial charge in [0.2, 0.25) is 0 Å². The highest BCUT2D eigenvalue weighted by molar-refractivity contribution is 5.70. The number of ether oxygens (including phenoxy) is 4. The van der Waals surface area contributed by atoms with Crippen LogP contribution >= 0.6 is 0 Å². The quantitative estimate of drug-likeness (QED) is 0.0843. The number of hydrogen-bond donors (Lipinski definition) is 4. The molecule has 41 heavy (non-hydrogen) atoms. The molecule has 1 aliphatic heterocycles. The highest BCUT2D eigenvalue weighted by Crippen LogP contribution is 2.22. The first-order chi connectivity index (χ1) is 19.8. The van der Waals surface area contributed by atoms with Crippen molar-refractivity contribution in [3.63, 3.8) is 0 Å². The molecule has 1 aliphatic rings. The number of unbranched alkanes of at least 4 members (excludes halogenated alkanes) is 5. The van der Waals surface area contributed by atoms with Crippen molar-refractivity contribution in [1.29, 1.82) is 0 Å². The van der Waals surface area contributed by atoms with Crippen molar-refractivity contribution in [2.75, 3.05) is 19.8 Å². The average molecular weight is 585 g/mol. The zero-order chi connectivity index (χ0) is 30.3. The molecule has 0 aromatic rings. The fourth-order valence-electron chi connectivity index (χ4n) is 4.08. The smallest absolute Gasteiger partial charge is 0.306 e. The molecule has 10 heteroatoms. The van der Waals surface area contributed by atoms with E-state index in [1.807, 2.05) is 6.92 Å². The van der Waals surface area contributed by atoms with Crippen LogP contribution in [0.4, 0.5) is 0 Å². The van der Waals surface area contributed by atoms with Crippen molar-refractivity contribution in [3.8, 4) is 0 Å². The van der Waals surface area contributed by atoms with Gasteiger partial charge in [-0.25, -0.2) is 0 Å². The van der Waals surface area contributed by atoms with Crippen molar-refractivity contribution < 1.29 is 49.0 Å². The van der Waals surface area contributed by atoms with Gasteiger partial charge in [0.15, 0.2) is 12.4 Å². The Morgan fingerprint density at radius 1 is 0.780 bits per heavy atom. The summed E-state index contributed by atoms with van der Waals surface area (Å²) in [5.41, 5.74) is 0. The lowest BCUT2D eigenvalue weighted by molar-refractivity contribution is -0.305. The van der Waals surface area contributed by atoms with Gasteiger partial charge in [-0.3, -0.25) is 9.59 Å². The van der Waals surface area contributed by atoms with Crippen LogP contribution in [0.3, 0.4) is 0 Å². The van der Waals surface area contributed by atoms with Gasteiger partial charge in [0, 0.05) is 12.8 Å². The summed E-state index contributed by atoms with van der Waals surface area (Å²) >= 11 is 0. The third-order valence-electron chi connectivity index (χ3n) is 6.54. The molecule has 0 aliphatic carbocycles. The second-order valence-electron chi connectivity index (χ2n) is 10.2. The maximum absolute atomic E-state index is 12.5. The van der Waals surface area contributed by atoms with Crippen LogP contribution in [0.25, 0.3) is 0 Å². The molecule has 6 unspecified atom stereocenters. The Hall–Kier alpha value is -2.08. The van der Waals surface area contributed by atoms with E-state index in [1.165, 1.54) is 0 Å². The molecule has 10 nitrogen and oxygen atoms in total. The summed E-state index contributed by atoms with van der Waals surface area (Å²) in [6.07, 6.45) is 14.0. The lowest BCUT2D eigenvalue weighted by atomic mass is 9.99. The number of rotatable bonds is 22. The summed E-state index contributed by atoms with van der Waals surface area (Å²) in [6, 6.07) is 0. The van der Waals surface area contributed by atoms with Gasteiger partial charge in [0.25, 0.3) is 0 Å². The standard InChI is InChI=1S/C31H52O10/c1-3-5-7-8-9-10-11-12-13-14-15-16-18-20-27(34)40-24(22-38-26(33)19-17-6-4-2)23-39-31-30(37)29(36)28(35)25(21-32)41-31/h5,7,9-10,12-13,24-25,28-32,35-37H,3-4,6,8,11,14-23H2,1-2H3/b7-5-,10-9-,13-12-. The van der Waals surface area contributed by atoms with Crippen LogP contribution in [0.5, 0.6) is 0 Å². The molecule has 4 N–H and O–H groups in total. The van der Waals surface area contributed by atoms with Crippen molar-refractivity contribution in [2.45, 2.75) is 128 Å². The van der Waals surface area contributed by atoms with Crippen LogP contribution in [0.15, 0.2) is 36.5 Å². The van der Waals surface area contributed by atoms with Gasteiger partial charge in [-0.15, -0.1) is 0 Å². The third-order valence-corrected chi connectivity index (χ3v) is 6.54. The molecular weight excluding hydrogens is 532 g/mol. The number of carbonyl (C=O) groups is 2. The van der Waals surface area contributed by atoms with Crippen LogP contribution in [0.1, 0.15) is 90.9 Å². The number of carbonyl (C=O) groups excluding carboxylic acids is 2.